The van der Waals surface area contributed by atoms with Crippen LogP contribution < -0.4 is 10.0 Å². The monoisotopic (exact) mass is 459 g/mol. The van der Waals surface area contributed by atoms with Gasteiger partial charge in [-0.15, -0.1) is 11.3 Å². The van der Waals surface area contributed by atoms with Crippen molar-refractivity contribution < 1.29 is 13.2 Å². The number of amides is 1. The average molecular weight is 460 g/mol. The maximum absolute atomic E-state index is 12.7. The Hall–Kier alpha value is -1.93. The van der Waals surface area contributed by atoms with Gasteiger partial charge < -0.3 is 5.32 Å². The van der Waals surface area contributed by atoms with Crippen LogP contribution in [0, 0.1) is 23.2 Å². The normalized spacial score (nSPS) is 30.2. The highest BCUT2D eigenvalue weighted by atomic mass is 32.2. The first-order valence-corrected chi connectivity index (χ1v) is 13.5. The van der Waals surface area contributed by atoms with Crippen molar-refractivity contribution in [3.63, 3.8) is 0 Å². The molecular formula is C23H29N3O3S2. The topological polar surface area (TPSA) is 88.2 Å². The molecule has 0 aliphatic heterocycles. The number of anilines is 1. The lowest BCUT2D eigenvalue weighted by molar-refractivity contribution is -0.125. The second-order valence-electron chi connectivity index (χ2n) is 9.81. The second kappa shape index (κ2) is 7.89. The summed E-state index contributed by atoms with van der Waals surface area (Å²) in [5, 5.41) is 5.28. The Labute approximate surface area is 187 Å². The standard InChI is InChI=1S/C23H29N3O3S2/c1-15(23-11-16-7-17(12-23)9-18(8-16)13-23)24-21(27)10-19-14-30-22(25-19)26-31(28,29)20-5-3-2-4-6-20/h2-6,14-18H,7-13H2,1H3,(H,24,27)(H,25,26). The molecule has 0 spiro atoms. The SMILES string of the molecule is CC(NC(=O)Cc1csc(NS(=O)(=O)c2ccccc2)n1)C12CC3CC(CC(C3)C1)C2. The van der Waals surface area contributed by atoms with Gasteiger partial charge in [-0.2, -0.15) is 0 Å². The van der Waals surface area contributed by atoms with E-state index in [1.54, 1.807) is 23.6 Å². The third kappa shape index (κ3) is 4.24. The lowest BCUT2D eigenvalue weighted by Gasteiger charge is -2.59. The Kier molecular flexibility index (Phi) is 5.33. The molecule has 1 atom stereocenters. The van der Waals surface area contributed by atoms with Gasteiger partial charge in [0.05, 0.1) is 17.0 Å². The number of hydrogen-bond acceptors (Lipinski definition) is 5. The number of rotatable bonds is 7. The summed E-state index contributed by atoms with van der Waals surface area (Å²) >= 11 is 1.20. The summed E-state index contributed by atoms with van der Waals surface area (Å²) in [7, 11) is -3.68. The molecule has 166 valence electrons. The van der Waals surface area contributed by atoms with Crippen LogP contribution in [-0.2, 0) is 21.2 Å². The largest absolute Gasteiger partial charge is 0.353 e. The summed E-state index contributed by atoms with van der Waals surface area (Å²) in [6, 6.07) is 8.37. The minimum Gasteiger partial charge on any atom is -0.353 e. The Bertz CT molecular complexity index is 1030. The smallest absolute Gasteiger partial charge is 0.263 e. The van der Waals surface area contributed by atoms with Crippen LogP contribution in [0.1, 0.15) is 51.1 Å². The predicted octanol–water partition coefficient (Wildman–Crippen LogP) is 4.21. The van der Waals surface area contributed by atoms with Gasteiger partial charge in [-0.1, -0.05) is 18.2 Å². The van der Waals surface area contributed by atoms with E-state index in [1.807, 2.05) is 0 Å². The maximum atomic E-state index is 12.7. The number of thiazole rings is 1. The lowest BCUT2D eigenvalue weighted by Crippen LogP contribution is -2.56. The van der Waals surface area contributed by atoms with Crippen LogP contribution in [0.4, 0.5) is 5.13 Å². The number of carbonyl (C=O) groups excluding carboxylic acids is 1. The third-order valence-electron chi connectivity index (χ3n) is 7.55. The van der Waals surface area contributed by atoms with Crippen LogP contribution in [0.5, 0.6) is 0 Å². The minimum absolute atomic E-state index is 0.0361. The fraction of sp³-hybridized carbons (Fsp3) is 0.565. The molecular weight excluding hydrogens is 430 g/mol. The van der Waals surface area contributed by atoms with Gasteiger partial charge in [-0.3, -0.25) is 9.52 Å². The van der Waals surface area contributed by atoms with Crippen molar-refractivity contribution in [1.82, 2.24) is 10.3 Å². The number of carbonyl (C=O) groups is 1. The van der Waals surface area contributed by atoms with Crippen molar-refractivity contribution in [2.45, 2.75) is 62.8 Å². The van der Waals surface area contributed by atoms with E-state index >= 15 is 0 Å². The molecule has 0 radical (unpaired) electrons. The zero-order valence-electron chi connectivity index (χ0n) is 17.7. The van der Waals surface area contributed by atoms with E-state index in [4.69, 9.17) is 0 Å². The van der Waals surface area contributed by atoms with Gasteiger partial charge in [-0.05, 0) is 80.8 Å². The van der Waals surface area contributed by atoms with Crippen molar-refractivity contribution in [3.05, 3.63) is 41.4 Å². The van der Waals surface area contributed by atoms with Gasteiger partial charge >= 0.3 is 0 Å². The number of aromatic nitrogens is 1. The molecule has 1 aromatic carbocycles. The first kappa shape index (κ1) is 20.9. The lowest BCUT2D eigenvalue weighted by atomic mass is 9.48. The second-order valence-corrected chi connectivity index (χ2v) is 12.3. The molecule has 4 bridgehead atoms. The van der Waals surface area contributed by atoms with Gasteiger partial charge in [0.1, 0.15) is 0 Å². The van der Waals surface area contributed by atoms with Crippen LogP contribution in [-0.4, -0.2) is 25.4 Å². The number of nitrogens with zero attached hydrogens (tertiary/aromatic N) is 1. The van der Waals surface area contributed by atoms with E-state index < -0.39 is 10.0 Å². The molecule has 1 heterocycles. The van der Waals surface area contributed by atoms with Crippen molar-refractivity contribution in [3.8, 4) is 0 Å². The fourth-order valence-corrected chi connectivity index (χ4v) is 8.51. The summed E-state index contributed by atoms with van der Waals surface area (Å²) in [6.45, 7) is 2.17. The molecule has 2 aromatic rings. The fourth-order valence-electron chi connectivity index (χ4n) is 6.53. The molecule has 4 aliphatic carbocycles. The van der Waals surface area contributed by atoms with Crippen molar-refractivity contribution >= 4 is 32.4 Å². The highest BCUT2D eigenvalue weighted by Gasteiger charge is 2.53. The molecule has 4 aliphatic rings. The molecule has 1 aromatic heterocycles. The van der Waals surface area contributed by atoms with Crippen molar-refractivity contribution in [1.29, 1.82) is 0 Å². The van der Waals surface area contributed by atoms with Crippen LogP contribution in [0.25, 0.3) is 0 Å². The summed E-state index contributed by atoms with van der Waals surface area (Å²) in [4.78, 5) is 17.3. The van der Waals surface area contributed by atoms with Crippen LogP contribution in [0.2, 0.25) is 0 Å². The molecule has 31 heavy (non-hydrogen) atoms. The Balaban J connectivity index is 1.20. The summed E-state index contributed by atoms with van der Waals surface area (Å²) in [5.74, 6) is 2.52. The van der Waals surface area contributed by atoms with Gasteiger partial charge in [0.2, 0.25) is 5.91 Å². The van der Waals surface area contributed by atoms with Gasteiger partial charge in [0.15, 0.2) is 5.13 Å². The number of sulfonamides is 1. The molecule has 2 N–H and O–H groups in total. The molecule has 1 amide bonds. The minimum atomic E-state index is -3.68. The molecule has 6 rings (SSSR count). The van der Waals surface area contributed by atoms with Crippen LogP contribution in [0.3, 0.4) is 0 Å². The molecule has 1 unspecified atom stereocenters. The predicted molar refractivity (Wildman–Crippen MR) is 121 cm³/mol. The number of hydrogen-bond donors (Lipinski definition) is 2. The molecule has 4 saturated carbocycles. The maximum Gasteiger partial charge on any atom is 0.263 e. The van der Waals surface area contributed by atoms with Crippen molar-refractivity contribution in [2.24, 2.45) is 23.2 Å². The van der Waals surface area contributed by atoms with E-state index in [9.17, 15) is 13.2 Å². The first-order valence-electron chi connectivity index (χ1n) is 11.1. The molecule has 0 saturated heterocycles. The van der Waals surface area contributed by atoms with E-state index in [-0.39, 0.29) is 33.8 Å². The van der Waals surface area contributed by atoms with Gasteiger partial charge in [0.25, 0.3) is 10.0 Å². The number of nitrogens with one attached hydrogen (secondary N) is 2. The molecule has 6 nitrogen and oxygen atoms in total. The van der Waals surface area contributed by atoms with E-state index in [1.165, 1.54) is 62.0 Å². The highest BCUT2D eigenvalue weighted by Crippen LogP contribution is 2.61. The summed E-state index contributed by atoms with van der Waals surface area (Å²) < 4.78 is 27.4. The van der Waals surface area contributed by atoms with Gasteiger partial charge in [0, 0.05) is 11.4 Å². The molecule has 8 heteroatoms. The Morgan fingerprint density at radius 1 is 1.13 bits per heavy atom. The quantitative estimate of drug-likeness (QED) is 0.649. The first-order chi connectivity index (χ1) is 14.8. The third-order valence-corrected chi connectivity index (χ3v) is 9.84. The Morgan fingerprint density at radius 3 is 2.35 bits per heavy atom. The van der Waals surface area contributed by atoms with E-state index in [2.05, 4.69) is 21.9 Å². The van der Waals surface area contributed by atoms with E-state index in [0.717, 1.165) is 17.8 Å². The van der Waals surface area contributed by atoms with Gasteiger partial charge in [-0.25, -0.2) is 13.4 Å². The summed E-state index contributed by atoms with van der Waals surface area (Å²) in [6.07, 6.45) is 8.09. The Morgan fingerprint density at radius 2 is 1.74 bits per heavy atom. The van der Waals surface area contributed by atoms with Crippen molar-refractivity contribution in [2.75, 3.05) is 4.72 Å². The zero-order chi connectivity index (χ0) is 21.6. The zero-order valence-corrected chi connectivity index (χ0v) is 19.3. The van der Waals surface area contributed by atoms with E-state index in [0.29, 0.717) is 5.69 Å². The van der Waals surface area contributed by atoms with Crippen LogP contribution >= 0.6 is 11.3 Å². The number of benzene rings is 1. The highest BCUT2D eigenvalue weighted by molar-refractivity contribution is 7.93. The summed E-state index contributed by atoms with van der Waals surface area (Å²) in [5.41, 5.74) is 0.856. The van der Waals surface area contributed by atoms with Crippen LogP contribution in [0.15, 0.2) is 40.6 Å². The average Bonchev–Trinajstić information content (AvgIpc) is 3.13. The molecule has 4 fully saturated rings.